The van der Waals surface area contributed by atoms with E-state index in [1.165, 1.54) is 44.9 Å². The predicted octanol–water partition coefficient (Wildman–Crippen LogP) is 4.61. The first-order valence-electron chi connectivity index (χ1n) is 7.42. The molecule has 0 spiro atoms. The van der Waals surface area contributed by atoms with Gasteiger partial charge in [-0.2, -0.15) is 0 Å². The first-order valence-corrected chi connectivity index (χ1v) is 8.50. The molecule has 1 aromatic rings. The van der Waals surface area contributed by atoms with Crippen molar-refractivity contribution in [2.45, 2.75) is 70.6 Å². The normalized spacial score (nSPS) is 18.3. The van der Waals surface area contributed by atoms with E-state index in [2.05, 4.69) is 41.4 Å². The number of nitrogens with zero attached hydrogens (tertiary/aromatic N) is 2. The van der Waals surface area contributed by atoms with E-state index < -0.39 is 0 Å². The summed E-state index contributed by atoms with van der Waals surface area (Å²) in [5, 5.41) is 0. The van der Waals surface area contributed by atoms with Crippen molar-refractivity contribution in [2.24, 2.45) is 0 Å². The van der Waals surface area contributed by atoms with Crippen molar-refractivity contribution in [3.05, 3.63) is 15.1 Å². The molecule has 0 atom stereocenters. The number of halogens is 1. The molecule has 19 heavy (non-hydrogen) atoms. The average Bonchev–Trinajstić information content (AvgIpc) is 2.32. The van der Waals surface area contributed by atoms with E-state index in [-0.39, 0.29) is 0 Å². The van der Waals surface area contributed by atoms with Crippen molar-refractivity contribution in [1.29, 1.82) is 0 Å². The third-order valence-electron chi connectivity index (χ3n) is 3.94. The molecule has 3 nitrogen and oxygen atoms in total. The highest BCUT2D eigenvalue weighted by atomic mass is 127. The minimum absolute atomic E-state index is 0.407. The Morgan fingerprint density at radius 1 is 1.05 bits per heavy atom. The summed E-state index contributed by atoms with van der Waals surface area (Å²) in [6.45, 7) is 4.34. The lowest BCUT2D eigenvalue weighted by atomic mass is 9.90. The van der Waals surface area contributed by atoms with Crippen LogP contribution in [0.15, 0.2) is 0 Å². The number of nitrogen functional groups attached to an aromatic ring is 1. The Morgan fingerprint density at radius 3 is 2.21 bits per heavy atom. The van der Waals surface area contributed by atoms with Gasteiger partial charge in [0.15, 0.2) is 0 Å². The van der Waals surface area contributed by atoms with Crippen LogP contribution in [0.5, 0.6) is 0 Å². The van der Waals surface area contributed by atoms with Gasteiger partial charge >= 0.3 is 0 Å². The number of aromatic nitrogens is 2. The van der Waals surface area contributed by atoms with Crippen molar-refractivity contribution in [2.75, 3.05) is 5.73 Å². The van der Waals surface area contributed by atoms with Gasteiger partial charge in [-0.25, -0.2) is 9.97 Å². The van der Waals surface area contributed by atoms with Gasteiger partial charge in [-0.15, -0.1) is 0 Å². The summed E-state index contributed by atoms with van der Waals surface area (Å²) in [6, 6.07) is 0. The summed E-state index contributed by atoms with van der Waals surface area (Å²) in [7, 11) is 0. The van der Waals surface area contributed by atoms with Gasteiger partial charge in [-0.1, -0.05) is 46.0 Å². The van der Waals surface area contributed by atoms with Crippen LogP contribution in [-0.4, -0.2) is 9.97 Å². The van der Waals surface area contributed by atoms with Crippen molar-refractivity contribution >= 4 is 28.4 Å². The Morgan fingerprint density at radius 2 is 1.63 bits per heavy atom. The van der Waals surface area contributed by atoms with Gasteiger partial charge in [0.05, 0.1) is 9.26 Å². The van der Waals surface area contributed by atoms with Crippen molar-refractivity contribution in [1.82, 2.24) is 9.97 Å². The number of nitrogens with two attached hydrogens (primary N) is 1. The fraction of sp³-hybridized carbons (Fsp3) is 0.733. The molecule has 0 aliphatic heterocycles. The fourth-order valence-corrected chi connectivity index (χ4v) is 3.64. The van der Waals surface area contributed by atoms with Crippen LogP contribution >= 0.6 is 22.6 Å². The molecule has 1 aliphatic rings. The van der Waals surface area contributed by atoms with E-state index in [9.17, 15) is 0 Å². The van der Waals surface area contributed by atoms with Gasteiger partial charge in [-0.05, 0) is 41.4 Å². The smallest absolute Gasteiger partial charge is 0.140 e. The molecule has 1 aliphatic carbocycles. The standard InChI is InChI=1S/C15H24IN3/c1-10(2)13-12(16)14(17)19-15(18-13)11-8-6-4-3-5-7-9-11/h10-11H,3-9H2,1-2H3,(H2,17,18,19). The monoisotopic (exact) mass is 373 g/mol. The maximum Gasteiger partial charge on any atom is 0.140 e. The Hall–Kier alpha value is -0.390. The summed E-state index contributed by atoms with van der Waals surface area (Å²) >= 11 is 2.27. The molecule has 0 saturated heterocycles. The van der Waals surface area contributed by atoms with Crippen LogP contribution in [0.25, 0.3) is 0 Å². The third kappa shape index (κ3) is 3.80. The molecule has 0 aromatic carbocycles. The minimum Gasteiger partial charge on any atom is -0.383 e. The highest BCUT2D eigenvalue weighted by Gasteiger charge is 2.20. The zero-order chi connectivity index (χ0) is 13.8. The lowest BCUT2D eigenvalue weighted by Crippen LogP contribution is -2.13. The maximum atomic E-state index is 6.08. The second-order valence-electron chi connectivity index (χ2n) is 5.86. The fourth-order valence-electron chi connectivity index (χ4n) is 2.78. The van der Waals surface area contributed by atoms with Crippen LogP contribution in [-0.2, 0) is 0 Å². The number of hydrogen-bond donors (Lipinski definition) is 1. The van der Waals surface area contributed by atoms with E-state index in [0.29, 0.717) is 17.7 Å². The van der Waals surface area contributed by atoms with Crippen LogP contribution in [0.1, 0.15) is 82.1 Å². The lowest BCUT2D eigenvalue weighted by Gasteiger charge is -2.20. The van der Waals surface area contributed by atoms with Gasteiger partial charge in [0.1, 0.15) is 11.6 Å². The molecule has 2 N–H and O–H groups in total. The Kier molecular flexibility index (Phi) is 5.42. The molecule has 0 unspecified atom stereocenters. The molecule has 1 fully saturated rings. The Bertz CT molecular complexity index is 424. The van der Waals surface area contributed by atoms with Crippen molar-refractivity contribution in [3.8, 4) is 0 Å². The SMILES string of the molecule is CC(C)c1nc(C2CCCCCCC2)nc(N)c1I. The molecular weight excluding hydrogens is 349 g/mol. The topological polar surface area (TPSA) is 51.8 Å². The van der Waals surface area contributed by atoms with Crippen molar-refractivity contribution < 1.29 is 0 Å². The summed E-state index contributed by atoms with van der Waals surface area (Å²) in [5.41, 5.74) is 7.19. The predicted molar refractivity (Wildman–Crippen MR) is 88.3 cm³/mol. The number of anilines is 1. The highest BCUT2D eigenvalue weighted by Crippen LogP contribution is 2.32. The first-order chi connectivity index (χ1) is 9.09. The van der Waals surface area contributed by atoms with E-state index >= 15 is 0 Å². The minimum atomic E-state index is 0.407. The lowest BCUT2D eigenvalue weighted by molar-refractivity contribution is 0.441. The Labute approximate surface area is 129 Å². The summed E-state index contributed by atoms with van der Waals surface area (Å²) in [5.74, 6) is 2.57. The zero-order valence-electron chi connectivity index (χ0n) is 12.0. The number of hydrogen-bond acceptors (Lipinski definition) is 3. The van der Waals surface area contributed by atoms with Gasteiger partial charge in [-0.3, -0.25) is 0 Å². The van der Waals surface area contributed by atoms with E-state index in [1.54, 1.807) is 0 Å². The van der Waals surface area contributed by atoms with Gasteiger partial charge in [0.25, 0.3) is 0 Å². The Balaban J connectivity index is 2.27. The largest absolute Gasteiger partial charge is 0.383 e. The third-order valence-corrected chi connectivity index (χ3v) is 5.04. The maximum absolute atomic E-state index is 6.08. The van der Waals surface area contributed by atoms with Crippen LogP contribution in [0.3, 0.4) is 0 Å². The second-order valence-corrected chi connectivity index (χ2v) is 6.94. The van der Waals surface area contributed by atoms with Gasteiger partial charge in [0, 0.05) is 5.92 Å². The molecule has 0 amide bonds. The van der Waals surface area contributed by atoms with E-state index in [0.717, 1.165) is 15.1 Å². The van der Waals surface area contributed by atoms with Crippen LogP contribution in [0.4, 0.5) is 5.82 Å². The molecule has 1 saturated carbocycles. The average molecular weight is 373 g/mol. The quantitative estimate of drug-likeness (QED) is 0.770. The van der Waals surface area contributed by atoms with Crippen molar-refractivity contribution in [3.63, 3.8) is 0 Å². The molecule has 0 radical (unpaired) electrons. The van der Waals surface area contributed by atoms with Crippen LogP contribution < -0.4 is 5.73 Å². The molecular formula is C15H24IN3. The number of rotatable bonds is 2. The molecule has 4 heteroatoms. The van der Waals surface area contributed by atoms with E-state index in [1.807, 2.05) is 0 Å². The molecule has 1 aromatic heterocycles. The molecule has 0 bridgehead atoms. The van der Waals surface area contributed by atoms with Gasteiger partial charge in [0.2, 0.25) is 0 Å². The molecule has 2 rings (SSSR count). The molecule has 1 heterocycles. The first kappa shape index (κ1) is 15.0. The summed E-state index contributed by atoms with van der Waals surface area (Å²) in [6.07, 6.45) is 9.14. The molecule has 106 valence electrons. The van der Waals surface area contributed by atoms with Crippen LogP contribution in [0, 0.1) is 3.57 Å². The van der Waals surface area contributed by atoms with Crippen LogP contribution in [0.2, 0.25) is 0 Å². The second kappa shape index (κ2) is 6.86. The summed E-state index contributed by atoms with van der Waals surface area (Å²) < 4.78 is 1.03. The highest BCUT2D eigenvalue weighted by molar-refractivity contribution is 14.1. The van der Waals surface area contributed by atoms with Gasteiger partial charge < -0.3 is 5.73 Å². The zero-order valence-corrected chi connectivity index (χ0v) is 14.1. The van der Waals surface area contributed by atoms with E-state index in [4.69, 9.17) is 10.7 Å². The summed E-state index contributed by atoms with van der Waals surface area (Å²) in [4.78, 5) is 9.40.